The van der Waals surface area contributed by atoms with E-state index in [1.54, 1.807) is 0 Å². The Morgan fingerprint density at radius 2 is 1.71 bits per heavy atom. The number of piperazine rings is 1. The molecule has 0 spiro atoms. The number of non-ortho nitro benzene ring substituents is 1. The summed E-state index contributed by atoms with van der Waals surface area (Å²) in [6.07, 6.45) is 1.47. The van der Waals surface area contributed by atoms with Crippen LogP contribution in [-0.4, -0.2) is 41.9 Å². The number of hydrogen-bond donors (Lipinski definition) is 3. The fourth-order valence-corrected chi connectivity index (χ4v) is 4.03. The molecule has 2 aromatic carbocycles. The highest BCUT2D eigenvalue weighted by atomic mass is 16.6. The zero-order valence-electron chi connectivity index (χ0n) is 17.2. The number of nitrogens with one attached hydrogen (secondary N) is 3. The number of nitrogens with zero attached hydrogens (tertiary/aromatic N) is 2. The number of nitro benzene ring substituents is 1. The van der Waals surface area contributed by atoms with Crippen LogP contribution in [0.15, 0.2) is 48.7 Å². The van der Waals surface area contributed by atoms with Crippen LogP contribution in [0.25, 0.3) is 5.57 Å². The van der Waals surface area contributed by atoms with E-state index in [1.807, 2.05) is 24.3 Å². The van der Waals surface area contributed by atoms with E-state index in [4.69, 9.17) is 0 Å². The van der Waals surface area contributed by atoms with Gasteiger partial charge in [-0.25, -0.2) is 0 Å². The molecule has 0 saturated carbocycles. The monoisotopic (exact) mass is 421 g/mol. The molecule has 3 N–H and O–H groups in total. The molecule has 2 unspecified atom stereocenters. The smallest absolute Gasteiger partial charge is 0.270 e. The molecule has 2 heterocycles. The van der Waals surface area contributed by atoms with Gasteiger partial charge in [-0.1, -0.05) is 0 Å². The van der Waals surface area contributed by atoms with Gasteiger partial charge in [-0.2, -0.15) is 0 Å². The van der Waals surface area contributed by atoms with Gasteiger partial charge in [0.1, 0.15) is 0 Å². The number of rotatable bonds is 4. The van der Waals surface area contributed by atoms with Crippen LogP contribution in [0.2, 0.25) is 0 Å². The van der Waals surface area contributed by atoms with Crippen LogP contribution in [0.5, 0.6) is 0 Å². The normalized spacial score (nSPS) is 22.1. The first-order chi connectivity index (χ1) is 14.8. The molecule has 2 amide bonds. The Kier molecular flexibility index (Phi) is 5.43. The van der Waals surface area contributed by atoms with Crippen LogP contribution in [0.1, 0.15) is 29.8 Å². The first-order valence-corrected chi connectivity index (χ1v) is 10.0. The molecule has 0 aliphatic carbocycles. The van der Waals surface area contributed by atoms with E-state index < -0.39 is 16.7 Å². The van der Waals surface area contributed by atoms with E-state index in [1.165, 1.54) is 24.4 Å². The SMILES string of the molecule is CC1CN(c2ccc(NC=C3C(=O)NC(=O)c4ccc([N+](=O)[O-])cc43)cc2)CC(C)N1. The van der Waals surface area contributed by atoms with Gasteiger partial charge in [0, 0.05) is 66.0 Å². The number of carbonyl (C=O) groups is 2. The van der Waals surface area contributed by atoms with Gasteiger partial charge in [-0.05, 0) is 44.2 Å². The minimum absolute atomic E-state index is 0.159. The molecule has 0 bridgehead atoms. The molecular weight excluding hydrogens is 398 g/mol. The van der Waals surface area contributed by atoms with Crippen LogP contribution in [0.4, 0.5) is 17.1 Å². The Morgan fingerprint density at radius 3 is 2.35 bits per heavy atom. The minimum atomic E-state index is -0.606. The van der Waals surface area contributed by atoms with Crippen LogP contribution >= 0.6 is 0 Å². The summed E-state index contributed by atoms with van der Waals surface area (Å²) in [7, 11) is 0. The molecule has 2 aliphatic heterocycles. The lowest BCUT2D eigenvalue weighted by molar-refractivity contribution is -0.384. The molecule has 9 nitrogen and oxygen atoms in total. The van der Waals surface area contributed by atoms with Gasteiger partial charge in [0.15, 0.2) is 0 Å². The predicted molar refractivity (Wildman–Crippen MR) is 118 cm³/mol. The summed E-state index contributed by atoms with van der Waals surface area (Å²) >= 11 is 0. The molecule has 31 heavy (non-hydrogen) atoms. The second kappa shape index (κ2) is 8.19. The Balaban J connectivity index is 1.56. The maximum Gasteiger partial charge on any atom is 0.270 e. The van der Waals surface area contributed by atoms with Crippen molar-refractivity contribution in [3.8, 4) is 0 Å². The first kappa shape index (κ1) is 20.5. The summed E-state index contributed by atoms with van der Waals surface area (Å²) < 4.78 is 0. The maximum absolute atomic E-state index is 12.4. The van der Waals surface area contributed by atoms with Gasteiger partial charge >= 0.3 is 0 Å². The molecule has 9 heteroatoms. The molecule has 2 aliphatic rings. The summed E-state index contributed by atoms with van der Waals surface area (Å²) in [5.41, 5.74) is 2.29. The van der Waals surface area contributed by atoms with Gasteiger partial charge in [0.05, 0.1) is 10.5 Å². The second-order valence-corrected chi connectivity index (χ2v) is 7.89. The zero-order chi connectivity index (χ0) is 22.1. The summed E-state index contributed by atoms with van der Waals surface area (Å²) in [5, 5.41) is 19.9. The van der Waals surface area contributed by atoms with E-state index in [2.05, 4.69) is 34.7 Å². The lowest BCUT2D eigenvalue weighted by Crippen LogP contribution is -2.54. The first-order valence-electron chi connectivity index (χ1n) is 10.0. The minimum Gasteiger partial charge on any atom is -0.368 e. The van der Waals surface area contributed by atoms with Crippen LogP contribution in [0.3, 0.4) is 0 Å². The number of fused-ring (bicyclic) bond motifs is 1. The summed E-state index contributed by atoms with van der Waals surface area (Å²) in [6, 6.07) is 12.5. The van der Waals surface area contributed by atoms with Crippen LogP contribution in [0, 0.1) is 10.1 Å². The molecule has 1 fully saturated rings. The largest absolute Gasteiger partial charge is 0.368 e. The third kappa shape index (κ3) is 4.26. The van der Waals surface area contributed by atoms with Crippen molar-refractivity contribution in [3.63, 3.8) is 0 Å². The summed E-state index contributed by atoms with van der Waals surface area (Å²) in [6.45, 7) is 6.16. The molecule has 2 aromatic rings. The average Bonchev–Trinajstić information content (AvgIpc) is 2.73. The molecule has 4 rings (SSSR count). The van der Waals surface area contributed by atoms with Crippen LogP contribution < -0.4 is 20.9 Å². The van der Waals surface area contributed by atoms with Gasteiger partial charge in [0.2, 0.25) is 0 Å². The van der Waals surface area contributed by atoms with Crippen LogP contribution in [-0.2, 0) is 4.79 Å². The summed E-state index contributed by atoms with van der Waals surface area (Å²) in [4.78, 5) is 37.3. The maximum atomic E-state index is 12.4. The van der Waals surface area contributed by atoms with E-state index in [0.717, 1.165) is 24.5 Å². The van der Waals surface area contributed by atoms with Crippen molar-refractivity contribution in [2.75, 3.05) is 23.3 Å². The third-order valence-electron chi connectivity index (χ3n) is 5.39. The molecule has 1 saturated heterocycles. The van der Waals surface area contributed by atoms with E-state index >= 15 is 0 Å². The van der Waals surface area contributed by atoms with E-state index in [0.29, 0.717) is 12.1 Å². The van der Waals surface area contributed by atoms with Gasteiger partial charge in [-0.3, -0.25) is 25.0 Å². The van der Waals surface area contributed by atoms with Gasteiger partial charge in [-0.15, -0.1) is 0 Å². The lowest BCUT2D eigenvalue weighted by Gasteiger charge is -2.37. The molecule has 0 aromatic heterocycles. The topological polar surface area (TPSA) is 117 Å². The van der Waals surface area contributed by atoms with Crippen molar-refractivity contribution < 1.29 is 14.5 Å². The van der Waals surface area contributed by atoms with Gasteiger partial charge < -0.3 is 15.5 Å². The fourth-order valence-electron chi connectivity index (χ4n) is 4.03. The van der Waals surface area contributed by atoms with E-state index in [-0.39, 0.29) is 22.4 Å². The highest BCUT2D eigenvalue weighted by molar-refractivity contribution is 6.31. The number of anilines is 2. The Morgan fingerprint density at radius 1 is 1.03 bits per heavy atom. The van der Waals surface area contributed by atoms with Crippen molar-refractivity contribution in [1.29, 1.82) is 0 Å². The number of nitro groups is 1. The Hall–Kier alpha value is -3.72. The number of benzene rings is 2. The molecular formula is C22H23N5O4. The lowest BCUT2D eigenvalue weighted by atomic mass is 9.95. The highest BCUT2D eigenvalue weighted by Crippen LogP contribution is 2.28. The average molecular weight is 421 g/mol. The summed E-state index contributed by atoms with van der Waals surface area (Å²) in [5.74, 6) is -1.18. The van der Waals surface area contributed by atoms with Crippen molar-refractivity contribution >= 4 is 34.4 Å². The number of amides is 2. The zero-order valence-corrected chi connectivity index (χ0v) is 17.2. The molecule has 2 atom stereocenters. The van der Waals surface area contributed by atoms with Crippen molar-refractivity contribution in [1.82, 2.24) is 10.6 Å². The Bertz CT molecular complexity index is 1070. The number of hydrogen-bond acceptors (Lipinski definition) is 7. The highest BCUT2D eigenvalue weighted by Gasteiger charge is 2.29. The fraction of sp³-hybridized carbons (Fsp3) is 0.273. The molecule has 0 radical (unpaired) electrons. The second-order valence-electron chi connectivity index (χ2n) is 7.89. The number of carbonyl (C=O) groups excluding carboxylic acids is 2. The van der Waals surface area contributed by atoms with Crippen molar-refractivity contribution in [2.45, 2.75) is 25.9 Å². The standard InChI is InChI=1S/C22H23N5O4/c1-13-11-26(12-14(2)24-13)16-5-3-15(4-6-16)23-10-20-19-9-17(27(30)31)7-8-18(19)21(28)25-22(20)29/h3-10,13-14,23-24H,11-12H2,1-2H3,(H,25,28,29). The van der Waals surface area contributed by atoms with Crippen molar-refractivity contribution in [3.05, 3.63) is 69.9 Å². The van der Waals surface area contributed by atoms with Gasteiger partial charge in [0.25, 0.3) is 17.5 Å². The van der Waals surface area contributed by atoms with E-state index in [9.17, 15) is 19.7 Å². The quantitative estimate of drug-likeness (QED) is 0.301. The predicted octanol–water partition coefficient (Wildman–Crippen LogP) is 2.50. The molecule has 160 valence electrons. The third-order valence-corrected chi connectivity index (χ3v) is 5.39. The number of imide groups is 1. The Labute approximate surface area is 179 Å². The van der Waals surface area contributed by atoms with Crippen molar-refractivity contribution in [2.24, 2.45) is 0 Å².